The molecule has 0 saturated carbocycles. The van der Waals surface area contributed by atoms with Crippen LogP contribution in [0.25, 0.3) is 0 Å². The summed E-state index contributed by atoms with van der Waals surface area (Å²) in [6.07, 6.45) is -7.22. The number of alkyl halides is 3. The van der Waals surface area contributed by atoms with E-state index >= 15 is 0 Å². The van der Waals surface area contributed by atoms with Crippen molar-refractivity contribution < 1.29 is 37.7 Å². The molecule has 1 aliphatic heterocycles. The van der Waals surface area contributed by atoms with Crippen LogP contribution < -0.4 is 5.32 Å². The summed E-state index contributed by atoms with van der Waals surface area (Å²) >= 11 is 0. The van der Waals surface area contributed by atoms with Crippen LogP contribution in [0.1, 0.15) is 42.5 Å². The van der Waals surface area contributed by atoms with Crippen molar-refractivity contribution in [2.75, 3.05) is 31.6 Å². The van der Waals surface area contributed by atoms with Crippen LogP contribution in [0.15, 0.2) is 16.5 Å². The van der Waals surface area contributed by atoms with Crippen molar-refractivity contribution in [2.24, 2.45) is 5.92 Å². The Labute approximate surface area is 200 Å². The number of hydrogen-bond donors (Lipinski definition) is 4. The molecule has 35 heavy (non-hydrogen) atoms. The largest absolute Gasteiger partial charge is 0.465 e. The molecule has 0 radical (unpaired) electrons. The van der Waals surface area contributed by atoms with Gasteiger partial charge in [0, 0.05) is 31.9 Å². The average molecular weight is 502 g/mol. The van der Waals surface area contributed by atoms with E-state index in [1.165, 1.54) is 6.92 Å². The molecule has 1 aliphatic rings. The van der Waals surface area contributed by atoms with E-state index in [0.717, 1.165) is 28.5 Å². The predicted octanol–water partition coefficient (Wildman–Crippen LogP) is 3.21. The fourth-order valence-corrected chi connectivity index (χ4v) is 4.37. The molecule has 194 valence electrons. The van der Waals surface area contributed by atoms with Crippen molar-refractivity contribution in [3.8, 4) is 0 Å². The Morgan fingerprint density at radius 3 is 2.57 bits per heavy atom. The maximum absolute atomic E-state index is 13.6. The fourth-order valence-electron chi connectivity index (χ4n) is 4.37. The van der Waals surface area contributed by atoms with Gasteiger partial charge < -0.3 is 25.1 Å². The Bertz CT molecular complexity index is 1060. The minimum atomic E-state index is -4.55. The second-order valence-electron chi connectivity index (χ2n) is 9.13. The molecule has 4 N–H and O–H groups in total. The third-order valence-corrected chi connectivity index (χ3v) is 6.65. The number of rotatable bonds is 7. The number of nitrogens with zero attached hydrogens (tertiary/aromatic N) is 4. The third-order valence-electron chi connectivity index (χ3n) is 6.65. The van der Waals surface area contributed by atoms with E-state index < -0.39 is 36.4 Å². The van der Waals surface area contributed by atoms with Crippen LogP contribution in [-0.2, 0) is 6.54 Å². The Kier molecular flexibility index (Phi) is 7.62. The van der Waals surface area contributed by atoms with Gasteiger partial charge in [-0.1, -0.05) is 18.1 Å². The summed E-state index contributed by atoms with van der Waals surface area (Å²) in [6.45, 7) is 5.96. The van der Waals surface area contributed by atoms with Gasteiger partial charge in [-0.3, -0.25) is 9.80 Å². The molecule has 1 aromatic heterocycles. The minimum absolute atomic E-state index is 0.00815. The maximum Gasteiger partial charge on any atom is 0.407 e. The lowest BCUT2D eigenvalue weighted by Gasteiger charge is -2.51. The number of aliphatic hydroxyl groups is 2. The molecule has 1 saturated heterocycles. The van der Waals surface area contributed by atoms with Gasteiger partial charge in [-0.05, 0) is 43.5 Å². The zero-order valence-electron chi connectivity index (χ0n) is 19.9. The molecular weight excluding hydrogens is 471 g/mol. The molecule has 3 atom stereocenters. The van der Waals surface area contributed by atoms with E-state index in [1.807, 2.05) is 30.9 Å². The molecule has 0 aliphatic carbocycles. The smallest absolute Gasteiger partial charge is 0.407 e. The molecule has 0 unspecified atom stereocenters. The summed E-state index contributed by atoms with van der Waals surface area (Å²) in [5.41, 5.74) is 1.50. The van der Waals surface area contributed by atoms with E-state index in [4.69, 9.17) is 9.52 Å². The molecule has 3 rings (SSSR count). The number of benzene rings is 1. The molecular formula is C22H30F3N5O5. The first-order valence-electron chi connectivity index (χ1n) is 11.1. The Balaban J connectivity index is 1.84. The first-order chi connectivity index (χ1) is 16.3. The van der Waals surface area contributed by atoms with Crippen molar-refractivity contribution in [3.63, 3.8) is 0 Å². The number of halogens is 3. The van der Waals surface area contributed by atoms with Crippen LogP contribution in [0.2, 0.25) is 0 Å². The summed E-state index contributed by atoms with van der Waals surface area (Å²) in [6, 6.07) is 3.76. The van der Waals surface area contributed by atoms with Crippen molar-refractivity contribution >= 4 is 17.8 Å². The van der Waals surface area contributed by atoms with Gasteiger partial charge in [0.15, 0.2) is 6.10 Å². The number of carboxylic acid groups (broad SMARTS) is 1. The summed E-state index contributed by atoms with van der Waals surface area (Å²) in [5, 5.41) is 38.7. The number of aryl methyl sites for hydroxylation is 1. The van der Waals surface area contributed by atoms with E-state index in [9.17, 15) is 28.2 Å². The lowest BCUT2D eigenvalue weighted by molar-refractivity contribution is -0.208. The van der Waals surface area contributed by atoms with E-state index in [2.05, 4.69) is 15.5 Å². The lowest BCUT2D eigenvalue weighted by Crippen LogP contribution is -2.66. The van der Waals surface area contributed by atoms with Gasteiger partial charge in [0.2, 0.25) is 5.89 Å². The quantitative estimate of drug-likeness (QED) is 0.451. The van der Waals surface area contributed by atoms with Crippen molar-refractivity contribution in [2.45, 2.75) is 52.1 Å². The topological polar surface area (TPSA) is 135 Å². The van der Waals surface area contributed by atoms with Crippen LogP contribution in [0, 0.1) is 19.8 Å². The number of carbonyl (C=O) groups is 1. The van der Waals surface area contributed by atoms with Gasteiger partial charge in [0.25, 0.3) is 0 Å². The highest BCUT2D eigenvalue weighted by Gasteiger charge is 2.54. The third kappa shape index (κ3) is 5.68. The Hall–Kier alpha value is -2.90. The van der Waals surface area contributed by atoms with Gasteiger partial charge in [0.05, 0.1) is 18.1 Å². The van der Waals surface area contributed by atoms with Gasteiger partial charge in [0.1, 0.15) is 0 Å². The number of anilines is 2. The van der Waals surface area contributed by atoms with Crippen molar-refractivity contribution in [1.82, 2.24) is 20.0 Å². The number of aliphatic hydroxyl groups excluding tert-OH is 2. The average Bonchev–Trinajstić information content (AvgIpc) is 3.23. The summed E-state index contributed by atoms with van der Waals surface area (Å²) in [7, 11) is 0. The molecule has 0 spiro atoms. The van der Waals surface area contributed by atoms with Crippen LogP contribution in [0.3, 0.4) is 0 Å². The standard InChI is InChI=1S/C22H30F3N5O5/c1-12-7-15(13(2)16(8-12)26-19-28-27-18(35-19)17(32)10-31)9-29-5-6-30(20(33)34)21(4,11-29)14(3)22(23,24)25/h7-8,14,17,31-32H,5-6,9-11H2,1-4H3,(H,26,28)(H,33,34)/t14-,17+,21-/m1/s1. The highest BCUT2D eigenvalue weighted by atomic mass is 19.4. The first-order valence-corrected chi connectivity index (χ1v) is 11.1. The van der Waals surface area contributed by atoms with E-state index in [0.29, 0.717) is 12.2 Å². The molecule has 1 aromatic carbocycles. The highest BCUT2D eigenvalue weighted by molar-refractivity contribution is 5.66. The zero-order chi connectivity index (χ0) is 26.1. The number of nitrogens with one attached hydrogen (secondary N) is 1. The molecule has 13 heteroatoms. The summed E-state index contributed by atoms with van der Waals surface area (Å²) in [5.74, 6) is -2.00. The molecule has 0 bridgehead atoms. The lowest BCUT2D eigenvalue weighted by atomic mass is 9.82. The summed E-state index contributed by atoms with van der Waals surface area (Å²) < 4.78 is 46.2. The van der Waals surface area contributed by atoms with Crippen molar-refractivity contribution in [1.29, 1.82) is 0 Å². The number of piperazine rings is 1. The number of amides is 1. The zero-order valence-corrected chi connectivity index (χ0v) is 19.9. The highest BCUT2D eigenvalue weighted by Crippen LogP contribution is 2.40. The van der Waals surface area contributed by atoms with Crippen LogP contribution in [0.4, 0.5) is 29.7 Å². The molecule has 1 fully saturated rings. The summed E-state index contributed by atoms with van der Waals surface area (Å²) in [4.78, 5) is 14.5. The predicted molar refractivity (Wildman–Crippen MR) is 119 cm³/mol. The van der Waals surface area contributed by atoms with Crippen LogP contribution in [-0.4, -0.2) is 79.4 Å². The van der Waals surface area contributed by atoms with Crippen molar-refractivity contribution in [3.05, 3.63) is 34.7 Å². The Morgan fingerprint density at radius 2 is 1.97 bits per heavy atom. The van der Waals surface area contributed by atoms with E-state index in [-0.39, 0.29) is 31.5 Å². The maximum atomic E-state index is 13.6. The van der Waals surface area contributed by atoms with Gasteiger partial charge >= 0.3 is 18.3 Å². The van der Waals surface area contributed by atoms with Crippen LogP contribution >= 0.6 is 0 Å². The Morgan fingerprint density at radius 1 is 1.29 bits per heavy atom. The number of aromatic nitrogens is 2. The monoisotopic (exact) mass is 501 g/mol. The second-order valence-corrected chi connectivity index (χ2v) is 9.13. The molecule has 2 heterocycles. The van der Waals surface area contributed by atoms with Gasteiger partial charge in [-0.25, -0.2) is 4.79 Å². The van der Waals surface area contributed by atoms with E-state index in [1.54, 1.807) is 0 Å². The molecule has 10 nitrogen and oxygen atoms in total. The molecule has 2 aromatic rings. The van der Waals surface area contributed by atoms with Gasteiger partial charge in [-0.15, -0.1) is 5.10 Å². The fraction of sp³-hybridized carbons (Fsp3) is 0.591. The number of hydrogen-bond acceptors (Lipinski definition) is 8. The normalized spacial score (nSPS) is 21.1. The van der Waals surface area contributed by atoms with Crippen LogP contribution in [0.5, 0.6) is 0 Å². The minimum Gasteiger partial charge on any atom is -0.465 e. The molecule has 1 amide bonds. The SMILES string of the molecule is Cc1cc(CN2CCN(C(=O)O)[C@@](C)([C@@H](C)C(F)(F)F)C2)c(C)c(Nc2nnc([C@@H](O)CO)o2)c1. The first kappa shape index (κ1) is 26.7. The van der Waals surface area contributed by atoms with Gasteiger partial charge in [-0.2, -0.15) is 13.2 Å². The second kappa shape index (κ2) is 9.99.